The van der Waals surface area contributed by atoms with Gasteiger partial charge in [0.1, 0.15) is 17.2 Å². The van der Waals surface area contributed by atoms with E-state index in [1.54, 1.807) is 4.57 Å². The second-order valence-electron chi connectivity index (χ2n) is 5.15. The van der Waals surface area contributed by atoms with Gasteiger partial charge >= 0.3 is 0 Å². The Labute approximate surface area is 125 Å². The van der Waals surface area contributed by atoms with Gasteiger partial charge in [-0.05, 0) is 12.5 Å². The number of imidazole rings is 1. The summed E-state index contributed by atoms with van der Waals surface area (Å²) >= 11 is 5.73. The molecule has 21 heavy (non-hydrogen) atoms. The molecule has 3 rings (SSSR count). The number of halogens is 3. The Bertz CT molecular complexity index is 804. The number of rotatable bonds is 3. The van der Waals surface area contributed by atoms with Crippen LogP contribution in [0.4, 0.5) is 8.78 Å². The van der Waals surface area contributed by atoms with Crippen molar-refractivity contribution in [3.05, 3.63) is 29.6 Å². The fraction of sp³-hybridized carbons (Fsp3) is 0.462. The molecule has 1 saturated heterocycles. The lowest BCUT2D eigenvalue weighted by Crippen LogP contribution is -2.14. The number of sulfone groups is 1. The van der Waals surface area contributed by atoms with Crippen LogP contribution in [0.1, 0.15) is 18.3 Å². The minimum atomic E-state index is -3.11. The van der Waals surface area contributed by atoms with E-state index in [1.807, 2.05) is 0 Å². The maximum atomic E-state index is 13.9. The predicted molar refractivity (Wildman–Crippen MR) is 76.4 cm³/mol. The van der Waals surface area contributed by atoms with E-state index in [2.05, 4.69) is 4.98 Å². The molecule has 0 bridgehead atoms. The highest BCUT2D eigenvalue weighted by atomic mass is 35.5. The van der Waals surface area contributed by atoms with Crippen molar-refractivity contribution >= 4 is 32.5 Å². The van der Waals surface area contributed by atoms with Crippen molar-refractivity contribution in [3.8, 4) is 0 Å². The van der Waals surface area contributed by atoms with E-state index < -0.39 is 21.5 Å². The SMILES string of the molecule is O=S1(=O)CCC(n2c(CCCl)nc3c(F)cc(F)cc32)C1. The summed E-state index contributed by atoms with van der Waals surface area (Å²) < 4.78 is 52.3. The molecule has 1 aliphatic heterocycles. The first-order chi connectivity index (χ1) is 9.91. The zero-order valence-corrected chi connectivity index (χ0v) is 12.6. The summed E-state index contributed by atoms with van der Waals surface area (Å²) in [4.78, 5) is 4.18. The van der Waals surface area contributed by atoms with Crippen LogP contribution in [0, 0.1) is 11.6 Å². The van der Waals surface area contributed by atoms with Crippen molar-refractivity contribution in [1.82, 2.24) is 9.55 Å². The number of fused-ring (bicyclic) bond motifs is 1. The lowest BCUT2D eigenvalue weighted by molar-refractivity contribution is 0.546. The fourth-order valence-electron chi connectivity index (χ4n) is 2.82. The Kier molecular flexibility index (Phi) is 3.65. The average Bonchev–Trinajstić information content (AvgIpc) is 2.90. The second-order valence-corrected chi connectivity index (χ2v) is 7.76. The number of hydrogen-bond acceptors (Lipinski definition) is 3. The first-order valence-electron chi connectivity index (χ1n) is 6.53. The van der Waals surface area contributed by atoms with Gasteiger partial charge in [-0.15, -0.1) is 11.6 Å². The van der Waals surface area contributed by atoms with Crippen LogP contribution < -0.4 is 0 Å². The van der Waals surface area contributed by atoms with Crippen LogP contribution in [0.2, 0.25) is 0 Å². The molecule has 1 atom stereocenters. The highest BCUT2D eigenvalue weighted by molar-refractivity contribution is 7.91. The summed E-state index contributed by atoms with van der Waals surface area (Å²) in [5.74, 6) is -0.653. The highest BCUT2D eigenvalue weighted by Gasteiger charge is 2.32. The minimum Gasteiger partial charge on any atom is -0.324 e. The topological polar surface area (TPSA) is 52.0 Å². The summed E-state index contributed by atoms with van der Waals surface area (Å²) in [5, 5.41) is 0. The van der Waals surface area contributed by atoms with E-state index >= 15 is 0 Å². The molecule has 1 aromatic carbocycles. The molecule has 1 aliphatic rings. The third-order valence-electron chi connectivity index (χ3n) is 3.68. The van der Waals surface area contributed by atoms with Gasteiger partial charge in [0.25, 0.3) is 0 Å². The van der Waals surface area contributed by atoms with Gasteiger partial charge in [-0.1, -0.05) is 0 Å². The Hall–Kier alpha value is -1.21. The Morgan fingerprint density at radius 2 is 2.14 bits per heavy atom. The molecule has 1 unspecified atom stereocenters. The molecule has 0 radical (unpaired) electrons. The van der Waals surface area contributed by atoms with E-state index in [9.17, 15) is 17.2 Å². The zero-order valence-electron chi connectivity index (χ0n) is 11.0. The van der Waals surface area contributed by atoms with Crippen LogP contribution in [0.25, 0.3) is 11.0 Å². The molecule has 0 spiro atoms. The van der Waals surface area contributed by atoms with E-state index in [0.29, 0.717) is 18.7 Å². The van der Waals surface area contributed by atoms with Crippen LogP contribution in [0.5, 0.6) is 0 Å². The first-order valence-corrected chi connectivity index (χ1v) is 8.89. The monoisotopic (exact) mass is 334 g/mol. The predicted octanol–water partition coefficient (Wildman–Crippen LogP) is 2.46. The Balaban J connectivity index is 2.21. The average molecular weight is 335 g/mol. The Morgan fingerprint density at radius 3 is 2.76 bits per heavy atom. The largest absolute Gasteiger partial charge is 0.324 e. The fourth-order valence-corrected chi connectivity index (χ4v) is 4.68. The lowest BCUT2D eigenvalue weighted by atomic mass is 10.2. The van der Waals surface area contributed by atoms with Crippen molar-refractivity contribution in [2.75, 3.05) is 17.4 Å². The van der Waals surface area contributed by atoms with Crippen molar-refractivity contribution in [2.45, 2.75) is 18.9 Å². The van der Waals surface area contributed by atoms with Gasteiger partial charge in [-0.3, -0.25) is 0 Å². The Morgan fingerprint density at radius 1 is 1.38 bits per heavy atom. The van der Waals surface area contributed by atoms with Crippen LogP contribution in [-0.2, 0) is 16.3 Å². The molecule has 0 N–H and O–H groups in total. The van der Waals surface area contributed by atoms with Crippen molar-refractivity contribution in [2.24, 2.45) is 0 Å². The van der Waals surface area contributed by atoms with Gasteiger partial charge < -0.3 is 4.57 Å². The third kappa shape index (κ3) is 2.64. The number of hydrogen-bond donors (Lipinski definition) is 0. The van der Waals surface area contributed by atoms with Crippen LogP contribution in [-0.4, -0.2) is 35.4 Å². The van der Waals surface area contributed by atoms with Gasteiger partial charge in [-0.2, -0.15) is 0 Å². The maximum Gasteiger partial charge on any atom is 0.153 e. The molecule has 114 valence electrons. The van der Waals surface area contributed by atoms with E-state index in [-0.39, 0.29) is 34.5 Å². The highest BCUT2D eigenvalue weighted by Crippen LogP contribution is 2.31. The molecular weight excluding hydrogens is 322 g/mol. The molecule has 8 heteroatoms. The number of aromatic nitrogens is 2. The maximum absolute atomic E-state index is 13.9. The van der Waals surface area contributed by atoms with Gasteiger partial charge in [0.05, 0.1) is 23.1 Å². The number of aryl methyl sites for hydroxylation is 1. The van der Waals surface area contributed by atoms with Gasteiger partial charge in [0.2, 0.25) is 0 Å². The summed E-state index contributed by atoms with van der Waals surface area (Å²) in [6, 6.07) is 1.61. The summed E-state index contributed by atoms with van der Waals surface area (Å²) in [6.45, 7) is 0. The molecule has 1 aromatic heterocycles. The normalized spacial score (nSPS) is 21.2. The van der Waals surface area contributed by atoms with E-state index in [0.717, 1.165) is 6.07 Å². The molecule has 0 amide bonds. The van der Waals surface area contributed by atoms with Crippen LogP contribution in [0.15, 0.2) is 12.1 Å². The number of alkyl halides is 1. The minimum absolute atomic E-state index is 0.0358. The molecule has 4 nitrogen and oxygen atoms in total. The van der Waals surface area contributed by atoms with Crippen molar-refractivity contribution in [3.63, 3.8) is 0 Å². The lowest BCUT2D eigenvalue weighted by Gasteiger charge is -2.15. The van der Waals surface area contributed by atoms with Crippen molar-refractivity contribution in [1.29, 1.82) is 0 Å². The van der Waals surface area contributed by atoms with Gasteiger partial charge in [0.15, 0.2) is 15.7 Å². The summed E-state index contributed by atoms with van der Waals surface area (Å²) in [5.41, 5.74) is 0.343. The zero-order chi connectivity index (χ0) is 15.2. The number of nitrogens with zero attached hydrogens (tertiary/aromatic N) is 2. The molecule has 2 heterocycles. The summed E-state index contributed by atoms with van der Waals surface area (Å²) in [6.07, 6.45) is 0.787. The molecular formula is C13H13ClF2N2O2S. The van der Waals surface area contributed by atoms with Gasteiger partial charge in [-0.25, -0.2) is 22.2 Å². The standard InChI is InChI=1S/C13H13ClF2N2O2S/c14-3-1-12-17-13-10(16)5-8(15)6-11(13)18(12)9-2-4-21(19,20)7-9/h5-6,9H,1-4,7H2. The molecule has 0 aliphatic carbocycles. The number of benzene rings is 1. The second kappa shape index (κ2) is 5.21. The van der Waals surface area contributed by atoms with E-state index in [4.69, 9.17) is 11.6 Å². The molecule has 2 aromatic rings. The van der Waals surface area contributed by atoms with E-state index in [1.165, 1.54) is 6.07 Å². The van der Waals surface area contributed by atoms with Gasteiger partial charge in [0, 0.05) is 18.4 Å². The third-order valence-corrected chi connectivity index (χ3v) is 5.62. The van der Waals surface area contributed by atoms with Crippen LogP contribution >= 0.6 is 11.6 Å². The molecule has 0 saturated carbocycles. The summed E-state index contributed by atoms with van der Waals surface area (Å²) in [7, 11) is -3.11. The quantitative estimate of drug-likeness (QED) is 0.810. The molecule has 1 fully saturated rings. The first kappa shape index (κ1) is 14.7. The van der Waals surface area contributed by atoms with Crippen molar-refractivity contribution < 1.29 is 17.2 Å². The van der Waals surface area contributed by atoms with Crippen LogP contribution in [0.3, 0.4) is 0 Å². The smallest absolute Gasteiger partial charge is 0.153 e.